The Bertz CT molecular complexity index is 249. The van der Waals surface area contributed by atoms with Crippen LogP contribution in [0.15, 0.2) is 0 Å². The average molecular weight is 225 g/mol. The Labute approximate surface area is 97.8 Å². The zero-order valence-corrected chi connectivity index (χ0v) is 10.2. The molecule has 0 amide bonds. The molecule has 3 nitrogen and oxygen atoms in total. The number of piperidine rings is 1. The number of hydrogen-bond acceptors (Lipinski definition) is 2. The topological polar surface area (TPSA) is 40.5 Å². The Morgan fingerprint density at radius 2 is 1.81 bits per heavy atom. The van der Waals surface area contributed by atoms with Crippen LogP contribution >= 0.6 is 0 Å². The lowest BCUT2D eigenvalue weighted by atomic mass is 9.77. The zero-order valence-electron chi connectivity index (χ0n) is 10.2. The molecule has 1 unspecified atom stereocenters. The first-order valence-electron chi connectivity index (χ1n) is 6.56. The first-order valence-corrected chi connectivity index (χ1v) is 6.56. The number of carbonyl (C=O) groups is 1. The molecule has 1 aliphatic carbocycles. The number of aliphatic carboxylic acids is 1. The molecule has 1 heterocycles. The van der Waals surface area contributed by atoms with Gasteiger partial charge in [-0.3, -0.25) is 4.79 Å². The standard InChI is InChI=1S/C13H23NO2/c1-11(12(15)16)10-14-8-6-13(7-9-14)4-2-3-5-13/h11H,2-10H2,1H3,(H,15,16). The summed E-state index contributed by atoms with van der Waals surface area (Å²) < 4.78 is 0. The van der Waals surface area contributed by atoms with Crippen LogP contribution in [-0.2, 0) is 4.79 Å². The molecule has 0 aromatic rings. The van der Waals surface area contributed by atoms with Crippen molar-refractivity contribution in [3.63, 3.8) is 0 Å². The molecule has 0 bridgehead atoms. The summed E-state index contributed by atoms with van der Waals surface area (Å²) in [5, 5.41) is 8.89. The van der Waals surface area contributed by atoms with Gasteiger partial charge in [-0.1, -0.05) is 19.8 Å². The minimum atomic E-state index is -0.666. The van der Waals surface area contributed by atoms with Gasteiger partial charge in [-0.05, 0) is 44.2 Å². The van der Waals surface area contributed by atoms with Gasteiger partial charge < -0.3 is 10.0 Å². The second-order valence-corrected chi connectivity index (χ2v) is 5.75. The van der Waals surface area contributed by atoms with Crippen molar-refractivity contribution in [1.29, 1.82) is 0 Å². The monoisotopic (exact) mass is 225 g/mol. The van der Waals surface area contributed by atoms with Gasteiger partial charge in [0, 0.05) is 6.54 Å². The molecule has 16 heavy (non-hydrogen) atoms. The molecule has 0 aromatic heterocycles. The highest BCUT2D eigenvalue weighted by molar-refractivity contribution is 5.69. The minimum Gasteiger partial charge on any atom is -0.481 e. The van der Waals surface area contributed by atoms with Crippen molar-refractivity contribution >= 4 is 5.97 Å². The van der Waals surface area contributed by atoms with Gasteiger partial charge in [0.15, 0.2) is 0 Å². The van der Waals surface area contributed by atoms with Crippen LogP contribution in [-0.4, -0.2) is 35.6 Å². The molecular formula is C13H23NO2. The first-order chi connectivity index (χ1) is 7.61. The maximum absolute atomic E-state index is 10.8. The Kier molecular flexibility index (Phi) is 3.53. The zero-order chi connectivity index (χ0) is 11.6. The Morgan fingerprint density at radius 1 is 1.25 bits per heavy atom. The quantitative estimate of drug-likeness (QED) is 0.801. The average Bonchev–Trinajstić information content (AvgIpc) is 2.70. The van der Waals surface area contributed by atoms with E-state index in [1.165, 1.54) is 38.5 Å². The van der Waals surface area contributed by atoms with Crippen LogP contribution < -0.4 is 0 Å². The SMILES string of the molecule is CC(CN1CCC2(CCCC2)CC1)C(=O)O. The summed E-state index contributed by atoms with van der Waals surface area (Å²) >= 11 is 0. The first kappa shape index (κ1) is 11.9. The maximum atomic E-state index is 10.8. The van der Waals surface area contributed by atoms with E-state index < -0.39 is 5.97 Å². The normalized spacial score (nSPS) is 27.1. The van der Waals surface area contributed by atoms with Crippen molar-refractivity contribution < 1.29 is 9.90 Å². The third-order valence-electron chi connectivity index (χ3n) is 4.53. The summed E-state index contributed by atoms with van der Waals surface area (Å²) in [4.78, 5) is 13.1. The highest BCUT2D eigenvalue weighted by atomic mass is 16.4. The summed E-state index contributed by atoms with van der Waals surface area (Å²) in [6, 6.07) is 0. The summed E-state index contributed by atoms with van der Waals surface area (Å²) in [5.41, 5.74) is 0.642. The smallest absolute Gasteiger partial charge is 0.307 e. The van der Waals surface area contributed by atoms with Crippen LogP contribution in [0.5, 0.6) is 0 Å². The van der Waals surface area contributed by atoms with E-state index in [9.17, 15) is 4.79 Å². The van der Waals surface area contributed by atoms with E-state index in [1.54, 1.807) is 0 Å². The molecule has 1 atom stereocenters. The molecule has 2 aliphatic rings. The lowest BCUT2D eigenvalue weighted by molar-refractivity contribution is -0.141. The van der Waals surface area contributed by atoms with E-state index in [-0.39, 0.29) is 5.92 Å². The van der Waals surface area contributed by atoms with Gasteiger partial charge in [-0.15, -0.1) is 0 Å². The number of carboxylic acids is 1. The van der Waals surface area contributed by atoms with Gasteiger partial charge in [0.2, 0.25) is 0 Å². The van der Waals surface area contributed by atoms with Crippen LogP contribution in [0.1, 0.15) is 45.4 Å². The Morgan fingerprint density at radius 3 is 2.31 bits per heavy atom. The molecule has 1 spiro atoms. The van der Waals surface area contributed by atoms with E-state index in [2.05, 4.69) is 4.90 Å². The second-order valence-electron chi connectivity index (χ2n) is 5.75. The van der Waals surface area contributed by atoms with Crippen molar-refractivity contribution in [2.75, 3.05) is 19.6 Å². The highest BCUT2D eigenvalue weighted by Gasteiger charge is 2.37. The molecule has 92 valence electrons. The molecule has 3 heteroatoms. The summed E-state index contributed by atoms with van der Waals surface area (Å²) in [6.07, 6.45) is 8.22. The molecule has 2 rings (SSSR count). The van der Waals surface area contributed by atoms with Gasteiger partial charge in [0.05, 0.1) is 5.92 Å². The van der Waals surface area contributed by atoms with Crippen LogP contribution in [0.4, 0.5) is 0 Å². The minimum absolute atomic E-state index is 0.224. The van der Waals surface area contributed by atoms with Crippen LogP contribution in [0.2, 0.25) is 0 Å². The van der Waals surface area contributed by atoms with Crippen LogP contribution in [0.3, 0.4) is 0 Å². The van der Waals surface area contributed by atoms with E-state index in [0.717, 1.165) is 19.6 Å². The molecule has 2 fully saturated rings. The van der Waals surface area contributed by atoms with Gasteiger partial charge in [0.1, 0.15) is 0 Å². The fourth-order valence-electron chi connectivity index (χ4n) is 3.30. The number of nitrogens with zero attached hydrogens (tertiary/aromatic N) is 1. The third kappa shape index (κ3) is 2.57. The van der Waals surface area contributed by atoms with Gasteiger partial charge in [-0.25, -0.2) is 0 Å². The Balaban J connectivity index is 1.78. The van der Waals surface area contributed by atoms with Gasteiger partial charge in [-0.2, -0.15) is 0 Å². The molecular weight excluding hydrogens is 202 g/mol. The van der Waals surface area contributed by atoms with Crippen LogP contribution in [0, 0.1) is 11.3 Å². The summed E-state index contributed by atoms with van der Waals surface area (Å²) in [6.45, 7) is 4.75. The van der Waals surface area contributed by atoms with Crippen molar-refractivity contribution in [3.05, 3.63) is 0 Å². The van der Waals surface area contributed by atoms with Crippen molar-refractivity contribution in [3.8, 4) is 0 Å². The van der Waals surface area contributed by atoms with Gasteiger partial charge >= 0.3 is 5.97 Å². The van der Waals surface area contributed by atoms with Gasteiger partial charge in [0.25, 0.3) is 0 Å². The van der Waals surface area contributed by atoms with Crippen molar-refractivity contribution in [2.24, 2.45) is 11.3 Å². The van der Waals surface area contributed by atoms with E-state index in [4.69, 9.17) is 5.11 Å². The molecule has 1 N–H and O–H groups in total. The van der Waals surface area contributed by atoms with E-state index >= 15 is 0 Å². The molecule has 0 aromatic carbocycles. The third-order valence-corrected chi connectivity index (χ3v) is 4.53. The molecule has 1 saturated heterocycles. The highest BCUT2D eigenvalue weighted by Crippen LogP contribution is 2.46. The lowest BCUT2D eigenvalue weighted by Crippen LogP contribution is -2.41. The molecule has 1 aliphatic heterocycles. The molecule has 1 saturated carbocycles. The molecule has 0 radical (unpaired) electrons. The van der Waals surface area contributed by atoms with E-state index in [1.807, 2.05) is 6.92 Å². The number of rotatable bonds is 3. The number of likely N-dealkylation sites (tertiary alicyclic amines) is 1. The number of hydrogen-bond donors (Lipinski definition) is 1. The predicted molar refractivity (Wildman–Crippen MR) is 63.4 cm³/mol. The predicted octanol–water partition coefficient (Wildman–Crippen LogP) is 2.36. The maximum Gasteiger partial charge on any atom is 0.307 e. The summed E-state index contributed by atoms with van der Waals surface area (Å²) in [5.74, 6) is -0.890. The van der Waals surface area contributed by atoms with E-state index in [0.29, 0.717) is 5.41 Å². The summed E-state index contributed by atoms with van der Waals surface area (Å²) in [7, 11) is 0. The van der Waals surface area contributed by atoms with Crippen LogP contribution in [0.25, 0.3) is 0 Å². The van der Waals surface area contributed by atoms with Crippen molar-refractivity contribution in [2.45, 2.75) is 45.4 Å². The fraction of sp³-hybridized carbons (Fsp3) is 0.923. The Hall–Kier alpha value is -0.570. The fourth-order valence-corrected chi connectivity index (χ4v) is 3.30. The largest absolute Gasteiger partial charge is 0.481 e. The second kappa shape index (κ2) is 4.74. The number of carboxylic acid groups (broad SMARTS) is 1. The van der Waals surface area contributed by atoms with Crippen molar-refractivity contribution in [1.82, 2.24) is 4.90 Å². The lowest BCUT2D eigenvalue weighted by Gasteiger charge is -2.39.